The maximum atomic E-state index is 12.8. The molecule has 3 amide bonds. The van der Waals surface area contributed by atoms with Crippen molar-refractivity contribution in [3.05, 3.63) is 0 Å². The molecule has 1 aliphatic heterocycles. The van der Waals surface area contributed by atoms with Crippen LogP contribution in [-0.4, -0.2) is 66.3 Å². The first-order valence-electron chi connectivity index (χ1n) is 10.6. The van der Waals surface area contributed by atoms with Crippen LogP contribution in [0.15, 0.2) is 4.99 Å². The third-order valence-electron chi connectivity index (χ3n) is 5.58. The number of carbonyl (C=O) groups excluding carboxylic acids is 3. The minimum absolute atomic E-state index is 0.000799. The van der Waals surface area contributed by atoms with Crippen LogP contribution >= 0.6 is 0 Å². The molecule has 2 aliphatic rings. The van der Waals surface area contributed by atoms with E-state index in [0.717, 1.165) is 32.1 Å². The smallest absolute Gasteiger partial charge is 0.243 e. The normalized spacial score (nSPS) is 20.7. The molecule has 2 fully saturated rings. The van der Waals surface area contributed by atoms with Crippen LogP contribution in [0.3, 0.4) is 0 Å². The van der Waals surface area contributed by atoms with Crippen LogP contribution in [0.5, 0.6) is 0 Å². The van der Waals surface area contributed by atoms with E-state index in [0.29, 0.717) is 32.4 Å². The van der Waals surface area contributed by atoms with Gasteiger partial charge < -0.3 is 32.7 Å². The zero-order valence-corrected chi connectivity index (χ0v) is 17.1. The number of guanidine groups is 1. The Morgan fingerprint density at radius 3 is 2.45 bits per heavy atom. The molecular weight excluding hydrogens is 374 g/mol. The summed E-state index contributed by atoms with van der Waals surface area (Å²) < 4.78 is 0. The second-order valence-electron chi connectivity index (χ2n) is 7.80. The molecule has 1 heterocycles. The van der Waals surface area contributed by atoms with Gasteiger partial charge in [-0.1, -0.05) is 19.3 Å². The van der Waals surface area contributed by atoms with Crippen molar-refractivity contribution in [1.29, 1.82) is 0 Å². The van der Waals surface area contributed by atoms with E-state index in [2.05, 4.69) is 15.6 Å². The minimum atomic E-state index is -0.686. The van der Waals surface area contributed by atoms with Gasteiger partial charge in [0.25, 0.3) is 0 Å². The second kappa shape index (κ2) is 11.6. The lowest BCUT2D eigenvalue weighted by molar-refractivity contribution is -0.138. The highest BCUT2D eigenvalue weighted by atomic mass is 16.2. The number of hydrogen-bond acceptors (Lipinski definition) is 5. The molecule has 0 aromatic heterocycles. The average molecular weight is 410 g/mol. The Morgan fingerprint density at radius 2 is 1.79 bits per heavy atom. The van der Waals surface area contributed by atoms with Crippen LogP contribution in [0, 0.1) is 0 Å². The van der Waals surface area contributed by atoms with Crippen molar-refractivity contribution in [3.63, 3.8) is 0 Å². The molecule has 0 unspecified atom stereocenters. The SMILES string of the molecule is NCC(=O)N1CCC[C@H]1C(=O)N[C@@H](CCCN=C(N)N)C(=O)NC1CCCCC1. The number of likely N-dealkylation sites (tertiary alicyclic amines) is 1. The average Bonchev–Trinajstić information content (AvgIpc) is 3.20. The molecule has 0 aromatic rings. The maximum absolute atomic E-state index is 12.8. The van der Waals surface area contributed by atoms with E-state index in [1.807, 2.05) is 0 Å². The third-order valence-corrected chi connectivity index (χ3v) is 5.58. The molecule has 0 radical (unpaired) electrons. The molecule has 1 saturated heterocycles. The lowest BCUT2D eigenvalue weighted by atomic mass is 9.95. The third kappa shape index (κ3) is 7.19. The van der Waals surface area contributed by atoms with Gasteiger partial charge in [0.15, 0.2) is 5.96 Å². The van der Waals surface area contributed by atoms with Crippen LogP contribution in [0.4, 0.5) is 0 Å². The Kier molecular flexibility index (Phi) is 9.17. The molecule has 0 aromatic carbocycles. The zero-order valence-electron chi connectivity index (χ0n) is 17.1. The standard InChI is InChI=1S/C19H35N7O3/c20-12-16(27)26-11-5-9-15(26)18(29)25-14(8-4-10-23-19(21)22)17(28)24-13-6-2-1-3-7-13/h13-15H,1-12,20H2,(H,24,28)(H,25,29)(H4,21,22,23)/t14-,15-/m0/s1. The number of hydrogen-bond donors (Lipinski definition) is 5. The van der Waals surface area contributed by atoms with E-state index in [9.17, 15) is 14.4 Å². The fraction of sp³-hybridized carbons (Fsp3) is 0.789. The first kappa shape index (κ1) is 22.9. The van der Waals surface area contributed by atoms with E-state index in [4.69, 9.17) is 17.2 Å². The number of aliphatic imine (C=N–C) groups is 1. The Bertz CT molecular complexity index is 601. The quantitative estimate of drug-likeness (QED) is 0.184. The Hall–Kier alpha value is -2.36. The molecule has 10 nitrogen and oxygen atoms in total. The van der Waals surface area contributed by atoms with Gasteiger partial charge in [0.05, 0.1) is 6.54 Å². The predicted octanol–water partition coefficient (Wildman–Crippen LogP) is -1.08. The summed E-state index contributed by atoms with van der Waals surface area (Å²) in [6.45, 7) is 0.762. The van der Waals surface area contributed by atoms with Gasteiger partial charge in [0.1, 0.15) is 12.1 Å². The van der Waals surface area contributed by atoms with Crippen molar-refractivity contribution in [3.8, 4) is 0 Å². The molecule has 164 valence electrons. The van der Waals surface area contributed by atoms with Crippen molar-refractivity contribution in [2.24, 2.45) is 22.2 Å². The van der Waals surface area contributed by atoms with Gasteiger partial charge in [-0.05, 0) is 38.5 Å². The highest BCUT2D eigenvalue weighted by Crippen LogP contribution is 2.19. The monoisotopic (exact) mass is 409 g/mol. The van der Waals surface area contributed by atoms with Gasteiger partial charge in [-0.3, -0.25) is 19.4 Å². The number of carbonyl (C=O) groups is 3. The van der Waals surface area contributed by atoms with Crippen LogP contribution in [-0.2, 0) is 14.4 Å². The Morgan fingerprint density at radius 1 is 1.07 bits per heavy atom. The number of nitrogens with two attached hydrogens (primary N) is 3. The summed E-state index contributed by atoms with van der Waals surface area (Å²) in [4.78, 5) is 43.1. The number of rotatable bonds is 9. The predicted molar refractivity (Wildman–Crippen MR) is 111 cm³/mol. The van der Waals surface area contributed by atoms with Crippen molar-refractivity contribution < 1.29 is 14.4 Å². The van der Waals surface area contributed by atoms with Crippen LogP contribution in [0.2, 0.25) is 0 Å². The molecule has 2 atom stereocenters. The zero-order chi connectivity index (χ0) is 21.2. The van der Waals surface area contributed by atoms with E-state index in [1.54, 1.807) is 0 Å². The van der Waals surface area contributed by atoms with Crippen LogP contribution in [0.1, 0.15) is 57.8 Å². The van der Waals surface area contributed by atoms with Gasteiger partial charge in [-0.2, -0.15) is 0 Å². The molecule has 10 heteroatoms. The van der Waals surface area contributed by atoms with Gasteiger partial charge in [0, 0.05) is 19.1 Å². The number of amides is 3. The Balaban J connectivity index is 1.98. The van der Waals surface area contributed by atoms with Crippen molar-refractivity contribution >= 4 is 23.7 Å². The summed E-state index contributed by atoms with van der Waals surface area (Å²) in [6, 6.07) is -1.11. The van der Waals surface area contributed by atoms with E-state index < -0.39 is 12.1 Å². The molecular formula is C19H35N7O3. The van der Waals surface area contributed by atoms with Gasteiger partial charge >= 0.3 is 0 Å². The molecule has 8 N–H and O–H groups in total. The molecule has 0 spiro atoms. The van der Waals surface area contributed by atoms with E-state index >= 15 is 0 Å². The first-order valence-corrected chi connectivity index (χ1v) is 10.6. The molecule has 29 heavy (non-hydrogen) atoms. The molecule has 1 aliphatic carbocycles. The summed E-state index contributed by atoms with van der Waals surface area (Å²) >= 11 is 0. The van der Waals surface area contributed by atoms with Crippen molar-refractivity contribution in [1.82, 2.24) is 15.5 Å². The van der Waals surface area contributed by atoms with Crippen molar-refractivity contribution in [2.75, 3.05) is 19.6 Å². The maximum Gasteiger partial charge on any atom is 0.243 e. The fourth-order valence-corrected chi connectivity index (χ4v) is 4.04. The summed E-state index contributed by atoms with van der Waals surface area (Å²) in [6.07, 6.45) is 7.60. The summed E-state index contributed by atoms with van der Waals surface area (Å²) in [5, 5.41) is 5.92. The molecule has 0 bridgehead atoms. The van der Waals surface area contributed by atoms with E-state index in [1.165, 1.54) is 11.3 Å². The van der Waals surface area contributed by atoms with Crippen LogP contribution in [0.25, 0.3) is 0 Å². The lowest BCUT2D eigenvalue weighted by Gasteiger charge is -2.28. The minimum Gasteiger partial charge on any atom is -0.370 e. The lowest BCUT2D eigenvalue weighted by Crippen LogP contribution is -2.55. The molecule has 2 rings (SSSR count). The summed E-state index contributed by atoms with van der Waals surface area (Å²) in [5.74, 6) is -0.752. The molecule has 1 saturated carbocycles. The van der Waals surface area contributed by atoms with Crippen molar-refractivity contribution in [2.45, 2.75) is 75.9 Å². The summed E-state index contributed by atoms with van der Waals surface area (Å²) in [5.41, 5.74) is 16.1. The van der Waals surface area contributed by atoms with Gasteiger partial charge in [-0.15, -0.1) is 0 Å². The van der Waals surface area contributed by atoms with Crippen LogP contribution < -0.4 is 27.8 Å². The number of nitrogens with zero attached hydrogens (tertiary/aromatic N) is 2. The topological polar surface area (TPSA) is 169 Å². The van der Waals surface area contributed by atoms with Gasteiger partial charge in [0.2, 0.25) is 17.7 Å². The second-order valence-corrected chi connectivity index (χ2v) is 7.80. The van der Waals surface area contributed by atoms with E-state index in [-0.39, 0.29) is 36.3 Å². The highest BCUT2D eigenvalue weighted by Gasteiger charge is 2.35. The number of nitrogens with one attached hydrogen (secondary N) is 2. The highest BCUT2D eigenvalue weighted by molar-refractivity contribution is 5.92. The summed E-state index contributed by atoms with van der Waals surface area (Å²) in [7, 11) is 0. The fourth-order valence-electron chi connectivity index (χ4n) is 4.04. The van der Waals surface area contributed by atoms with Gasteiger partial charge in [-0.25, -0.2) is 0 Å². The largest absolute Gasteiger partial charge is 0.370 e. The Labute approximate surface area is 172 Å². The first-order chi connectivity index (χ1) is 13.9.